The number of hydrogen-bond acceptors (Lipinski definition) is 4. The van der Waals surface area contributed by atoms with Gasteiger partial charge in [0.25, 0.3) is 10.0 Å². The smallest absolute Gasteiger partial charge is 0.261 e. The average molecular weight is 306 g/mol. The van der Waals surface area contributed by atoms with E-state index in [1.165, 1.54) is 12.1 Å². The van der Waals surface area contributed by atoms with Gasteiger partial charge in [0.15, 0.2) is 0 Å². The fourth-order valence-electron chi connectivity index (χ4n) is 1.89. The molecule has 6 heteroatoms. The Kier molecular flexibility index (Phi) is 4.50. The molecular formula is C15H18N2O3S. The molecule has 5 nitrogen and oxygen atoms in total. The Bertz CT molecular complexity index is 742. The average Bonchev–Trinajstić information content (AvgIpc) is 2.42. The van der Waals surface area contributed by atoms with Crippen molar-refractivity contribution in [3.05, 3.63) is 53.6 Å². The first kappa shape index (κ1) is 15.3. The molecule has 21 heavy (non-hydrogen) atoms. The molecular weight excluding hydrogens is 288 g/mol. The summed E-state index contributed by atoms with van der Waals surface area (Å²) in [6.07, 6.45) is 0. The largest absolute Gasteiger partial charge is 0.398 e. The van der Waals surface area contributed by atoms with Crippen LogP contribution in [0.2, 0.25) is 0 Å². The van der Waals surface area contributed by atoms with Gasteiger partial charge in [-0.2, -0.15) is 0 Å². The minimum Gasteiger partial charge on any atom is -0.398 e. The molecule has 0 bridgehead atoms. The zero-order valence-electron chi connectivity index (χ0n) is 12.0. The molecule has 2 aromatic rings. The standard InChI is InChI=1S/C15H18N2O3S/c1-11-6-7-14(9-15(11)16)21(18,19)17-13-5-3-4-12(8-13)10-20-2/h3-9,17H,10,16H2,1-2H3. The fraction of sp³-hybridized carbons (Fsp3) is 0.200. The van der Waals surface area contributed by atoms with Crippen molar-refractivity contribution in [3.8, 4) is 0 Å². The number of ether oxygens (including phenoxy) is 1. The van der Waals surface area contributed by atoms with Gasteiger partial charge in [-0.05, 0) is 42.3 Å². The first-order chi connectivity index (χ1) is 9.92. The number of hydrogen-bond donors (Lipinski definition) is 2. The Morgan fingerprint density at radius 2 is 1.95 bits per heavy atom. The van der Waals surface area contributed by atoms with Crippen molar-refractivity contribution in [3.63, 3.8) is 0 Å². The van der Waals surface area contributed by atoms with Gasteiger partial charge in [0.05, 0.1) is 11.5 Å². The Labute approximate surface area is 124 Å². The van der Waals surface area contributed by atoms with Crippen LogP contribution in [0.15, 0.2) is 47.4 Å². The van der Waals surface area contributed by atoms with Gasteiger partial charge >= 0.3 is 0 Å². The van der Waals surface area contributed by atoms with E-state index in [1.807, 2.05) is 13.0 Å². The Balaban J connectivity index is 2.28. The van der Waals surface area contributed by atoms with Gasteiger partial charge in [0.2, 0.25) is 0 Å². The summed E-state index contributed by atoms with van der Waals surface area (Å²) in [5.74, 6) is 0. The van der Waals surface area contributed by atoms with Crippen LogP contribution in [-0.4, -0.2) is 15.5 Å². The summed E-state index contributed by atoms with van der Waals surface area (Å²) in [5, 5.41) is 0. The zero-order chi connectivity index (χ0) is 15.5. The quantitative estimate of drug-likeness (QED) is 0.832. The lowest BCUT2D eigenvalue weighted by molar-refractivity contribution is 0.185. The molecule has 0 aliphatic rings. The lowest BCUT2D eigenvalue weighted by atomic mass is 10.2. The van der Waals surface area contributed by atoms with Crippen molar-refractivity contribution in [2.45, 2.75) is 18.4 Å². The van der Waals surface area contributed by atoms with Crippen LogP contribution in [0, 0.1) is 6.92 Å². The van der Waals surface area contributed by atoms with Crippen molar-refractivity contribution in [2.75, 3.05) is 17.6 Å². The van der Waals surface area contributed by atoms with Gasteiger partial charge in [-0.25, -0.2) is 8.42 Å². The SMILES string of the molecule is COCc1cccc(NS(=O)(=O)c2ccc(C)c(N)c2)c1. The minimum absolute atomic E-state index is 0.141. The maximum atomic E-state index is 12.3. The first-order valence-corrected chi connectivity index (χ1v) is 7.87. The Morgan fingerprint density at radius 1 is 1.19 bits per heavy atom. The van der Waals surface area contributed by atoms with Crippen LogP contribution in [0.4, 0.5) is 11.4 Å². The number of rotatable bonds is 5. The van der Waals surface area contributed by atoms with Crippen LogP contribution in [0.25, 0.3) is 0 Å². The summed E-state index contributed by atoms with van der Waals surface area (Å²) in [7, 11) is -2.07. The monoisotopic (exact) mass is 306 g/mol. The molecule has 0 amide bonds. The van der Waals surface area contributed by atoms with Crippen LogP contribution in [0.3, 0.4) is 0 Å². The molecule has 0 heterocycles. The second-order valence-electron chi connectivity index (χ2n) is 4.76. The summed E-state index contributed by atoms with van der Waals surface area (Å²) < 4.78 is 32.2. The summed E-state index contributed by atoms with van der Waals surface area (Å²) >= 11 is 0. The highest BCUT2D eigenvalue weighted by Crippen LogP contribution is 2.21. The zero-order valence-corrected chi connectivity index (χ0v) is 12.8. The second-order valence-corrected chi connectivity index (χ2v) is 6.44. The highest BCUT2D eigenvalue weighted by Gasteiger charge is 2.15. The van der Waals surface area contributed by atoms with E-state index in [0.29, 0.717) is 18.0 Å². The van der Waals surface area contributed by atoms with Crippen LogP contribution < -0.4 is 10.5 Å². The molecule has 0 saturated heterocycles. The van der Waals surface area contributed by atoms with E-state index < -0.39 is 10.0 Å². The van der Waals surface area contributed by atoms with E-state index in [-0.39, 0.29) is 4.90 Å². The predicted molar refractivity (Wildman–Crippen MR) is 83.6 cm³/mol. The molecule has 0 spiro atoms. The lowest BCUT2D eigenvalue weighted by Crippen LogP contribution is -2.13. The van der Waals surface area contributed by atoms with Crippen molar-refractivity contribution in [1.29, 1.82) is 0 Å². The molecule has 0 aromatic heterocycles. The molecule has 0 aliphatic heterocycles. The molecule has 2 rings (SSSR count). The highest BCUT2D eigenvalue weighted by molar-refractivity contribution is 7.92. The van der Waals surface area contributed by atoms with Gasteiger partial charge in [-0.15, -0.1) is 0 Å². The maximum absolute atomic E-state index is 12.3. The molecule has 0 fully saturated rings. The van der Waals surface area contributed by atoms with Crippen LogP contribution in [0.1, 0.15) is 11.1 Å². The summed E-state index contributed by atoms with van der Waals surface area (Å²) in [6.45, 7) is 2.25. The molecule has 0 radical (unpaired) electrons. The number of aryl methyl sites for hydroxylation is 1. The van der Waals surface area contributed by atoms with E-state index >= 15 is 0 Å². The third-order valence-corrected chi connectivity index (χ3v) is 4.43. The number of sulfonamides is 1. The second kappa shape index (κ2) is 6.15. The maximum Gasteiger partial charge on any atom is 0.261 e. The number of benzene rings is 2. The van der Waals surface area contributed by atoms with E-state index in [1.54, 1.807) is 31.4 Å². The van der Waals surface area contributed by atoms with Gasteiger partial charge in [0.1, 0.15) is 0 Å². The van der Waals surface area contributed by atoms with Gasteiger partial charge in [-0.1, -0.05) is 18.2 Å². The van der Waals surface area contributed by atoms with Crippen LogP contribution >= 0.6 is 0 Å². The normalized spacial score (nSPS) is 11.3. The lowest BCUT2D eigenvalue weighted by Gasteiger charge is -2.10. The minimum atomic E-state index is -3.66. The van der Waals surface area contributed by atoms with Gasteiger partial charge in [-0.3, -0.25) is 4.72 Å². The Morgan fingerprint density at radius 3 is 2.62 bits per heavy atom. The van der Waals surface area contributed by atoms with E-state index in [9.17, 15) is 8.42 Å². The highest BCUT2D eigenvalue weighted by atomic mass is 32.2. The van der Waals surface area contributed by atoms with Gasteiger partial charge in [0, 0.05) is 18.5 Å². The molecule has 112 valence electrons. The number of methoxy groups -OCH3 is 1. The van der Waals surface area contributed by atoms with Crippen LogP contribution in [0.5, 0.6) is 0 Å². The van der Waals surface area contributed by atoms with E-state index in [4.69, 9.17) is 10.5 Å². The van der Waals surface area contributed by atoms with Crippen LogP contribution in [-0.2, 0) is 21.4 Å². The van der Waals surface area contributed by atoms with Crippen molar-refractivity contribution in [2.24, 2.45) is 0 Å². The summed E-state index contributed by atoms with van der Waals surface area (Å²) in [4.78, 5) is 0.141. The summed E-state index contributed by atoms with van der Waals surface area (Å²) in [5.41, 5.74) is 8.44. The predicted octanol–water partition coefficient (Wildman–Crippen LogP) is 2.52. The number of nitrogens with two attached hydrogens (primary N) is 1. The molecule has 0 aliphatic carbocycles. The van der Waals surface area contributed by atoms with E-state index in [0.717, 1.165) is 11.1 Å². The molecule has 0 atom stereocenters. The fourth-order valence-corrected chi connectivity index (χ4v) is 2.98. The van der Waals surface area contributed by atoms with Crippen molar-refractivity contribution >= 4 is 21.4 Å². The number of nitrogen functional groups attached to an aromatic ring is 1. The molecule has 2 aromatic carbocycles. The molecule has 0 unspecified atom stereocenters. The third kappa shape index (κ3) is 3.74. The summed E-state index contributed by atoms with van der Waals surface area (Å²) in [6, 6.07) is 11.7. The number of anilines is 2. The van der Waals surface area contributed by atoms with E-state index in [2.05, 4.69) is 4.72 Å². The van der Waals surface area contributed by atoms with Crippen molar-refractivity contribution in [1.82, 2.24) is 0 Å². The third-order valence-electron chi connectivity index (χ3n) is 3.05. The van der Waals surface area contributed by atoms with Crippen molar-refractivity contribution < 1.29 is 13.2 Å². The molecule has 0 saturated carbocycles. The Hall–Kier alpha value is -2.05. The first-order valence-electron chi connectivity index (χ1n) is 6.39. The number of nitrogens with one attached hydrogen (secondary N) is 1. The molecule has 3 N–H and O–H groups in total. The topological polar surface area (TPSA) is 81.4 Å². The van der Waals surface area contributed by atoms with Gasteiger partial charge < -0.3 is 10.5 Å².